The standard InChI is InChI=1S/C12H12N4O4/c1-3-20-12(17)9-7-15(14-13-9)10-5-4-8(2)6-11(10)16(18)19/h4-7H,3H2,1-2H3. The number of nitro groups is 1. The normalized spacial score (nSPS) is 10.3. The number of aromatic nitrogens is 3. The van der Waals surface area contributed by atoms with Gasteiger partial charge < -0.3 is 4.74 Å². The Morgan fingerprint density at radius 2 is 2.25 bits per heavy atom. The van der Waals surface area contributed by atoms with Gasteiger partial charge in [-0.2, -0.15) is 0 Å². The van der Waals surface area contributed by atoms with Gasteiger partial charge in [-0.15, -0.1) is 5.10 Å². The van der Waals surface area contributed by atoms with E-state index < -0.39 is 10.9 Å². The van der Waals surface area contributed by atoms with Crippen molar-refractivity contribution in [3.8, 4) is 5.69 Å². The minimum atomic E-state index is -0.617. The fourth-order valence-electron chi connectivity index (χ4n) is 1.65. The van der Waals surface area contributed by atoms with Crippen molar-refractivity contribution < 1.29 is 14.5 Å². The van der Waals surface area contributed by atoms with Crippen molar-refractivity contribution >= 4 is 11.7 Å². The summed E-state index contributed by atoms with van der Waals surface area (Å²) in [7, 11) is 0. The van der Waals surface area contributed by atoms with Gasteiger partial charge in [-0.3, -0.25) is 10.1 Å². The average Bonchev–Trinajstić information content (AvgIpc) is 2.88. The molecule has 0 aliphatic carbocycles. The van der Waals surface area contributed by atoms with E-state index in [1.165, 1.54) is 16.9 Å². The molecule has 0 aliphatic heterocycles. The molecule has 0 spiro atoms. The van der Waals surface area contributed by atoms with Gasteiger partial charge in [0.05, 0.1) is 17.7 Å². The second-order valence-corrected chi connectivity index (χ2v) is 4.02. The number of rotatable bonds is 4. The molecular formula is C12H12N4O4. The maximum Gasteiger partial charge on any atom is 0.360 e. The molecule has 8 nitrogen and oxygen atoms in total. The number of hydrogen-bond acceptors (Lipinski definition) is 6. The number of nitro benzene ring substituents is 1. The molecule has 0 radical (unpaired) electrons. The maximum atomic E-state index is 11.5. The highest BCUT2D eigenvalue weighted by atomic mass is 16.6. The van der Waals surface area contributed by atoms with Crippen LogP contribution < -0.4 is 0 Å². The summed E-state index contributed by atoms with van der Waals surface area (Å²) in [5.74, 6) is -0.617. The zero-order valence-electron chi connectivity index (χ0n) is 10.9. The zero-order valence-corrected chi connectivity index (χ0v) is 10.9. The second-order valence-electron chi connectivity index (χ2n) is 4.02. The molecule has 0 bridgehead atoms. The van der Waals surface area contributed by atoms with Crippen LogP contribution in [0.1, 0.15) is 23.0 Å². The van der Waals surface area contributed by atoms with Gasteiger partial charge >= 0.3 is 5.97 Å². The molecule has 1 aromatic carbocycles. The van der Waals surface area contributed by atoms with Crippen LogP contribution in [0.15, 0.2) is 24.4 Å². The molecule has 2 aromatic rings. The quantitative estimate of drug-likeness (QED) is 0.478. The Kier molecular flexibility index (Phi) is 3.74. The topological polar surface area (TPSA) is 100 Å². The molecular weight excluding hydrogens is 264 g/mol. The van der Waals surface area contributed by atoms with Crippen LogP contribution in [0.2, 0.25) is 0 Å². The third-order valence-electron chi connectivity index (χ3n) is 2.55. The Hall–Kier alpha value is -2.77. The lowest BCUT2D eigenvalue weighted by atomic mass is 10.2. The fraction of sp³-hybridized carbons (Fsp3) is 0.250. The summed E-state index contributed by atoms with van der Waals surface area (Å²) < 4.78 is 5.97. The SMILES string of the molecule is CCOC(=O)c1cn(-c2ccc(C)cc2[N+](=O)[O-])nn1. The maximum absolute atomic E-state index is 11.5. The molecule has 0 atom stereocenters. The lowest BCUT2D eigenvalue weighted by Crippen LogP contribution is -2.05. The molecule has 0 unspecified atom stereocenters. The summed E-state index contributed by atoms with van der Waals surface area (Å²) in [5, 5.41) is 18.4. The molecule has 1 heterocycles. The zero-order chi connectivity index (χ0) is 14.7. The second kappa shape index (κ2) is 5.47. The Morgan fingerprint density at radius 3 is 2.90 bits per heavy atom. The summed E-state index contributed by atoms with van der Waals surface area (Å²) in [6.07, 6.45) is 1.30. The van der Waals surface area contributed by atoms with Gasteiger partial charge in [-0.1, -0.05) is 11.3 Å². The summed E-state index contributed by atoms with van der Waals surface area (Å²) in [6.45, 7) is 3.64. The van der Waals surface area contributed by atoms with Gasteiger partial charge in [-0.25, -0.2) is 9.48 Å². The first-order valence-corrected chi connectivity index (χ1v) is 5.87. The molecule has 0 amide bonds. The van der Waals surface area contributed by atoms with Crippen molar-refractivity contribution in [2.24, 2.45) is 0 Å². The molecule has 0 saturated heterocycles. The predicted molar refractivity (Wildman–Crippen MR) is 68.7 cm³/mol. The van der Waals surface area contributed by atoms with E-state index in [1.807, 2.05) is 0 Å². The number of carbonyl (C=O) groups excluding carboxylic acids is 1. The number of ether oxygens (including phenoxy) is 1. The Bertz CT molecular complexity index is 665. The summed E-state index contributed by atoms with van der Waals surface area (Å²) in [5.41, 5.74) is 0.891. The van der Waals surface area contributed by atoms with E-state index in [0.29, 0.717) is 0 Å². The van der Waals surface area contributed by atoms with Crippen LogP contribution >= 0.6 is 0 Å². The smallest absolute Gasteiger partial charge is 0.360 e. The van der Waals surface area contributed by atoms with E-state index in [0.717, 1.165) is 5.56 Å². The molecule has 0 fully saturated rings. The van der Waals surface area contributed by atoms with E-state index in [-0.39, 0.29) is 23.7 Å². The van der Waals surface area contributed by atoms with E-state index in [4.69, 9.17) is 4.74 Å². The number of nitrogens with zero attached hydrogens (tertiary/aromatic N) is 4. The van der Waals surface area contributed by atoms with Crippen molar-refractivity contribution in [3.63, 3.8) is 0 Å². The Morgan fingerprint density at radius 1 is 1.50 bits per heavy atom. The largest absolute Gasteiger partial charge is 0.461 e. The lowest BCUT2D eigenvalue weighted by molar-refractivity contribution is -0.384. The predicted octanol–water partition coefficient (Wildman–Crippen LogP) is 1.66. The number of aryl methyl sites for hydroxylation is 1. The molecule has 1 aromatic heterocycles. The first-order chi connectivity index (χ1) is 9.52. The van der Waals surface area contributed by atoms with Crippen LogP contribution in [0, 0.1) is 17.0 Å². The highest BCUT2D eigenvalue weighted by Crippen LogP contribution is 2.23. The molecule has 20 heavy (non-hydrogen) atoms. The van der Waals surface area contributed by atoms with E-state index >= 15 is 0 Å². The number of carbonyl (C=O) groups is 1. The minimum absolute atomic E-state index is 0.00160. The van der Waals surface area contributed by atoms with Crippen molar-refractivity contribution in [2.45, 2.75) is 13.8 Å². The number of benzene rings is 1. The van der Waals surface area contributed by atoms with Gasteiger partial charge in [0.2, 0.25) is 0 Å². The first-order valence-electron chi connectivity index (χ1n) is 5.87. The van der Waals surface area contributed by atoms with Crippen LogP contribution in [0.4, 0.5) is 5.69 Å². The van der Waals surface area contributed by atoms with Crippen molar-refractivity contribution in [1.29, 1.82) is 0 Å². The minimum Gasteiger partial charge on any atom is -0.461 e. The molecule has 8 heteroatoms. The van der Waals surface area contributed by atoms with E-state index in [1.54, 1.807) is 26.0 Å². The number of esters is 1. The Balaban J connectivity index is 2.42. The van der Waals surface area contributed by atoms with Gasteiger partial charge in [0.25, 0.3) is 5.69 Å². The summed E-state index contributed by atoms with van der Waals surface area (Å²) in [4.78, 5) is 22.0. The van der Waals surface area contributed by atoms with Crippen LogP contribution in [0.3, 0.4) is 0 Å². The summed E-state index contributed by atoms with van der Waals surface area (Å²) >= 11 is 0. The number of hydrogen-bond donors (Lipinski definition) is 0. The monoisotopic (exact) mass is 276 g/mol. The lowest BCUT2D eigenvalue weighted by Gasteiger charge is -2.02. The average molecular weight is 276 g/mol. The van der Waals surface area contributed by atoms with Crippen molar-refractivity contribution in [3.05, 3.63) is 45.8 Å². The van der Waals surface area contributed by atoms with Crippen LogP contribution in [-0.4, -0.2) is 32.5 Å². The van der Waals surface area contributed by atoms with Crippen molar-refractivity contribution in [2.75, 3.05) is 6.61 Å². The van der Waals surface area contributed by atoms with Crippen LogP contribution in [0.25, 0.3) is 5.69 Å². The molecule has 0 saturated carbocycles. The van der Waals surface area contributed by atoms with Gasteiger partial charge in [0.15, 0.2) is 5.69 Å². The Labute approximate surface area is 114 Å². The van der Waals surface area contributed by atoms with E-state index in [9.17, 15) is 14.9 Å². The molecule has 104 valence electrons. The first kappa shape index (κ1) is 13.7. The van der Waals surface area contributed by atoms with Crippen molar-refractivity contribution in [1.82, 2.24) is 15.0 Å². The summed E-state index contributed by atoms with van der Waals surface area (Å²) in [6, 6.07) is 4.70. The van der Waals surface area contributed by atoms with Gasteiger partial charge in [0.1, 0.15) is 5.69 Å². The van der Waals surface area contributed by atoms with Crippen LogP contribution in [0.5, 0.6) is 0 Å². The van der Waals surface area contributed by atoms with Gasteiger partial charge in [-0.05, 0) is 25.5 Å². The fourth-order valence-corrected chi connectivity index (χ4v) is 1.65. The highest BCUT2D eigenvalue weighted by Gasteiger charge is 2.19. The van der Waals surface area contributed by atoms with E-state index in [2.05, 4.69) is 10.3 Å². The highest BCUT2D eigenvalue weighted by molar-refractivity contribution is 5.86. The third-order valence-corrected chi connectivity index (χ3v) is 2.55. The molecule has 2 rings (SSSR count). The van der Waals surface area contributed by atoms with Crippen LogP contribution in [-0.2, 0) is 4.74 Å². The third kappa shape index (κ3) is 2.63. The molecule has 0 N–H and O–H groups in total. The molecule has 0 aliphatic rings. The van der Waals surface area contributed by atoms with Gasteiger partial charge in [0, 0.05) is 6.07 Å².